The highest BCUT2D eigenvalue weighted by molar-refractivity contribution is 5.96. The van der Waals surface area contributed by atoms with Crippen molar-refractivity contribution in [1.82, 2.24) is 9.78 Å². The molecular formula is C15H19FN4O. The number of hydrogen-bond acceptors (Lipinski definition) is 3. The first-order valence-electron chi connectivity index (χ1n) is 6.94. The molecule has 1 aromatic carbocycles. The topological polar surface area (TPSA) is 59.0 Å². The van der Waals surface area contributed by atoms with E-state index in [1.165, 1.54) is 12.1 Å². The van der Waals surface area contributed by atoms with Gasteiger partial charge in [-0.15, -0.1) is 0 Å². The molecule has 0 aliphatic heterocycles. The number of benzene rings is 1. The Morgan fingerprint density at radius 1 is 1.43 bits per heavy atom. The molecule has 6 heteroatoms. The van der Waals surface area contributed by atoms with Crippen LogP contribution in [0.1, 0.15) is 20.3 Å². The van der Waals surface area contributed by atoms with Gasteiger partial charge in [0.05, 0.1) is 11.9 Å². The molecule has 0 bridgehead atoms. The number of hydrogen-bond donors (Lipinski definition) is 2. The quantitative estimate of drug-likeness (QED) is 0.860. The van der Waals surface area contributed by atoms with Crippen molar-refractivity contribution in [2.45, 2.75) is 32.9 Å². The normalized spacial score (nSPS) is 12.0. The molecule has 1 amide bonds. The van der Waals surface area contributed by atoms with Gasteiger partial charge in [-0.05, 0) is 31.5 Å². The molecule has 112 valence electrons. The van der Waals surface area contributed by atoms with Crippen molar-refractivity contribution >= 4 is 17.3 Å². The summed E-state index contributed by atoms with van der Waals surface area (Å²) in [5, 5.41) is 9.92. The maximum atomic E-state index is 13.1. The van der Waals surface area contributed by atoms with E-state index in [1.807, 2.05) is 10.9 Å². The molecule has 0 aliphatic carbocycles. The smallest absolute Gasteiger partial charge is 0.246 e. The van der Waals surface area contributed by atoms with Crippen molar-refractivity contribution in [1.29, 1.82) is 0 Å². The Bertz CT molecular complexity index is 611. The van der Waals surface area contributed by atoms with E-state index >= 15 is 0 Å². The van der Waals surface area contributed by atoms with Crippen LogP contribution < -0.4 is 10.6 Å². The molecular weight excluding hydrogens is 271 g/mol. The highest BCUT2D eigenvalue weighted by Crippen LogP contribution is 2.11. The van der Waals surface area contributed by atoms with Gasteiger partial charge in [0.25, 0.3) is 0 Å². The minimum absolute atomic E-state index is 0.233. The molecule has 0 fully saturated rings. The zero-order chi connectivity index (χ0) is 15.2. The second-order valence-electron chi connectivity index (χ2n) is 4.86. The van der Waals surface area contributed by atoms with Crippen molar-refractivity contribution in [3.63, 3.8) is 0 Å². The van der Waals surface area contributed by atoms with Gasteiger partial charge in [0.15, 0.2) is 0 Å². The number of aromatic nitrogens is 2. The molecule has 2 N–H and O–H groups in total. The Kier molecular flexibility index (Phi) is 4.92. The maximum Gasteiger partial charge on any atom is 0.246 e. The van der Waals surface area contributed by atoms with Crippen LogP contribution >= 0.6 is 0 Å². The zero-order valence-electron chi connectivity index (χ0n) is 12.1. The van der Waals surface area contributed by atoms with Crippen LogP contribution in [0.3, 0.4) is 0 Å². The number of carbonyl (C=O) groups excluding carboxylic acids is 1. The Balaban J connectivity index is 1.92. The first-order chi connectivity index (χ1) is 10.1. The summed E-state index contributed by atoms with van der Waals surface area (Å²) in [7, 11) is 0. The highest BCUT2D eigenvalue weighted by atomic mass is 19.1. The first-order valence-corrected chi connectivity index (χ1v) is 6.94. The Morgan fingerprint density at radius 2 is 2.24 bits per heavy atom. The molecule has 1 heterocycles. The van der Waals surface area contributed by atoms with Gasteiger partial charge in [0.1, 0.15) is 11.9 Å². The van der Waals surface area contributed by atoms with Crippen molar-refractivity contribution in [3.05, 3.63) is 42.5 Å². The number of nitrogens with zero attached hydrogens (tertiary/aromatic N) is 2. The lowest BCUT2D eigenvalue weighted by Crippen LogP contribution is -2.31. The summed E-state index contributed by atoms with van der Waals surface area (Å²) in [6, 6.07) is 5.36. The Hall–Kier alpha value is -2.37. The van der Waals surface area contributed by atoms with E-state index in [0.717, 1.165) is 18.7 Å². The molecule has 2 aromatic rings. The monoisotopic (exact) mass is 290 g/mol. The number of nitrogens with one attached hydrogen (secondary N) is 2. The number of aryl methyl sites for hydroxylation is 1. The summed E-state index contributed by atoms with van der Waals surface area (Å²) in [5.74, 6) is -0.613. The number of amides is 1. The third kappa shape index (κ3) is 4.30. The molecule has 2 rings (SSSR count). The summed E-state index contributed by atoms with van der Waals surface area (Å²) in [5.41, 5.74) is 1.22. The summed E-state index contributed by atoms with van der Waals surface area (Å²) in [4.78, 5) is 12.0. The second-order valence-corrected chi connectivity index (χ2v) is 4.86. The number of halogens is 1. The number of carbonyl (C=O) groups is 1. The van der Waals surface area contributed by atoms with E-state index in [0.29, 0.717) is 5.69 Å². The largest absolute Gasteiger partial charge is 0.371 e. The fourth-order valence-electron chi connectivity index (χ4n) is 1.92. The van der Waals surface area contributed by atoms with Crippen molar-refractivity contribution in [2.75, 3.05) is 10.6 Å². The summed E-state index contributed by atoms with van der Waals surface area (Å²) in [6.07, 6.45) is 4.54. The van der Waals surface area contributed by atoms with Crippen LogP contribution in [-0.4, -0.2) is 21.7 Å². The maximum absolute atomic E-state index is 13.1. The van der Waals surface area contributed by atoms with Gasteiger partial charge in [-0.25, -0.2) is 4.39 Å². The van der Waals surface area contributed by atoms with Crippen LogP contribution in [0.5, 0.6) is 0 Å². The molecule has 1 atom stereocenters. The van der Waals surface area contributed by atoms with Gasteiger partial charge in [0.2, 0.25) is 5.91 Å². The predicted molar refractivity (Wildman–Crippen MR) is 80.6 cm³/mol. The molecule has 0 saturated carbocycles. The lowest BCUT2D eigenvalue weighted by molar-refractivity contribution is -0.116. The third-order valence-electron chi connectivity index (χ3n) is 2.95. The Morgan fingerprint density at radius 3 is 2.95 bits per heavy atom. The molecule has 0 saturated heterocycles. The SMILES string of the molecule is CCCn1cc(NC(C)C(=O)Nc2cccc(F)c2)cn1. The molecule has 0 spiro atoms. The Labute approximate surface area is 123 Å². The van der Waals surface area contributed by atoms with Crippen LogP contribution in [-0.2, 0) is 11.3 Å². The fourth-order valence-corrected chi connectivity index (χ4v) is 1.92. The average molecular weight is 290 g/mol. The van der Waals surface area contributed by atoms with Gasteiger partial charge >= 0.3 is 0 Å². The van der Waals surface area contributed by atoms with E-state index in [4.69, 9.17) is 0 Å². The van der Waals surface area contributed by atoms with E-state index in [9.17, 15) is 9.18 Å². The van der Waals surface area contributed by atoms with Crippen LogP contribution in [0.2, 0.25) is 0 Å². The number of anilines is 2. The molecule has 21 heavy (non-hydrogen) atoms. The summed E-state index contributed by atoms with van der Waals surface area (Å²) >= 11 is 0. The van der Waals surface area contributed by atoms with Crippen LogP contribution in [0.15, 0.2) is 36.7 Å². The van der Waals surface area contributed by atoms with Crippen molar-refractivity contribution in [3.8, 4) is 0 Å². The summed E-state index contributed by atoms with van der Waals surface area (Å²) < 4.78 is 14.9. The van der Waals surface area contributed by atoms with Gasteiger partial charge in [-0.3, -0.25) is 9.48 Å². The van der Waals surface area contributed by atoms with Crippen LogP contribution in [0.4, 0.5) is 15.8 Å². The second kappa shape index (κ2) is 6.88. The highest BCUT2D eigenvalue weighted by Gasteiger charge is 2.13. The molecule has 5 nitrogen and oxygen atoms in total. The fraction of sp³-hybridized carbons (Fsp3) is 0.333. The molecule has 0 aliphatic rings. The molecule has 0 radical (unpaired) electrons. The minimum Gasteiger partial charge on any atom is -0.371 e. The first kappa shape index (κ1) is 15.0. The summed E-state index contributed by atoms with van der Waals surface area (Å²) in [6.45, 7) is 4.65. The zero-order valence-corrected chi connectivity index (χ0v) is 12.1. The van der Waals surface area contributed by atoms with Crippen LogP contribution in [0, 0.1) is 5.82 Å². The standard InChI is InChI=1S/C15H19FN4O/c1-3-7-20-10-14(9-17-20)18-11(2)15(21)19-13-6-4-5-12(16)8-13/h4-6,8-11,18H,3,7H2,1-2H3,(H,19,21). The van der Waals surface area contributed by atoms with Crippen LogP contribution in [0.25, 0.3) is 0 Å². The molecule has 1 unspecified atom stereocenters. The molecule has 1 aromatic heterocycles. The van der Waals surface area contributed by atoms with E-state index in [2.05, 4.69) is 22.7 Å². The van der Waals surface area contributed by atoms with Gasteiger partial charge in [-0.1, -0.05) is 13.0 Å². The van der Waals surface area contributed by atoms with Gasteiger partial charge in [0, 0.05) is 18.4 Å². The average Bonchev–Trinajstić information content (AvgIpc) is 2.86. The predicted octanol–water partition coefficient (Wildman–Crippen LogP) is 2.87. The lowest BCUT2D eigenvalue weighted by Gasteiger charge is -2.13. The van der Waals surface area contributed by atoms with E-state index in [1.54, 1.807) is 25.3 Å². The van der Waals surface area contributed by atoms with E-state index in [-0.39, 0.29) is 11.7 Å². The van der Waals surface area contributed by atoms with Crippen molar-refractivity contribution < 1.29 is 9.18 Å². The van der Waals surface area contributed by atoms with Gasteiger partial charge < -0.3 is 10.6 Å². The minimum atomic E-state index is -0.451. The van der Waals surface area contributed by atoms with E-state index < -0.39 is 6.04 Å². The van der Waals surface area contributed by atoms with Gasteiger partial charge in [-0.2, -0.15) is 5.10 Å². The lowest BCUT2D eigenvalue weighted by atomic mass is 10.2. The van der Waals surface area contributed by atoms with Crippen molar-refractivity contribution in [2.24, 2.45) is 0 Å². The number of rotatable bonds is 6. The third-order valence-corrected chi connectivity index (χ3v) is 2.95.